The summed E-state index contributed by atoms with van der Waals surface area (Å²) in [4.78, 5) is 36.0. The number of aromatic amines is 1. The molecule has 0 spiro atoms. The van der Waals surface area contributed by atoms with Crippen molar-refractivity contribution in [1.29, 1.82) is 0 Å². The molecule has 0 bridgehead atoms. The largest absolute Gasteiger partial charge is 0.378 e. The highest BCUT2D eigenvalue weighted by Crippen LogP contribution is 2.44. The van der Waals surface area contributed by atoms with Gasteiger partial charge in [-0.25, -0.2) is 0 Å². The molecule has 2 aromatic rings. The van der Waals surface area contributed by atoms with Crippen LogP contribution in [0.3, 0.4) is 0 Å². The number of Topliss-reactive ketones (excluding diaryl/α,β-unsaturated/α-hetero) is 1. The Balaban J connectivity index is 1.69. The third kappa shape index (κ3) is 3.06. The van der Waals surface area contributed by atoms with E-state index in [1.807, 2.05) is 36.1 Å². The van der Waals surface area contributed by atoms with Gasteiger partial charge in [0.05, 0.1) is 18.8 Å². The number of allylic oxidation sites excluding steroid dienone is 2. The van der Waals surface area contributed by atoms with E-state index in [0.717, 1.165) is 35.2 Å². The first-order chi connectivity index (χ1) is 14.1. The van der Waals surface area contributed by atoms with Gasteiger partial charge in [-0.3, -0.25) is 14.6 Å². The summed E-state index contributed by atoms with van der Waals surface area (Å²) in [5, 5.41) is 3.34. The number of nitrogens with zero attached hydrogens (tertiary/aromatic N) is 2. The number of H-pyrrole nitrogens is 1. The normalized spacial score (nSPS) is 21.5. The lowest BCUT2D eigenvalue weighted by atomic mass is 9.75. The van der Waals surface area contributed by atoms with E-state index in [-0.39, 0.29) is 17.3 Å². The predicted molar refractivity (Wildman–Crippen MR) is 110 cm³/mol. The number of ether oxygens (including phenoxy) is 1. The standard InChI is InChI=1S/C22H24N4O3/c1-13-5-2-3-6-14(13)17-18-15(7-4-8-16(18)27)23-20-19(17)21(28)25-22(24-20)26-9-11-29-12-10-26/h2-3,5-6,17H,4,7-12H2,1H3,(H2,23,24,25,28). The van der Waals surface area contributed by atoms with E-state index in [0.29, 0.717) is 50.1 Å². The maximum absolute atomic E-state index is 13.3. The van der Waals surface area contributed by atoms with Crippen molar-refractivity contribution in [2.75, 3.05) is 36.5 Å². The van der Waals surface area contributed by atoms with Gasteiger partial charge in [0.1, 0.15) is 5.82 Å². The fraction of sp³-hybridized carbons (Fsp3) is 0.409. The first kappa shape index (κ1) is 18.1. The third-order valence-corrected chi connectivity index (χ3v) is 6.06. The molecule has 0 radical (unpaired) electrons. The average Bonchev–Trinajstić information content (AvgIpc) is 2.73. The van der Waals surface area contributed by atoms with Crippen molar-refractivity contribution in [3.63, 3.8) is 0 Å². The molecule has 1 aromatic carbocycles. The Bertz CT molecular complexity index is 1070. The number of hydrogen-bond donors (Lipinski definition) is 2. The lowest BCUT2D eigenvalue weighted by Crippen LogP contribution is -2.40. The molecule has 1 aliphatic carbocycles. The zero-order valence-electron chi connectivity index (χ0n) is 16.5. The van der Waals surface area contributed by atoms with Crippen LogP contribution >= 0.6 is 0 Å². The van der Waals surface area contributed by atoms with Crippen LogP contribution in [-0.2, 0) is 9.53 Å². The molecule has 0 saturated carbocycles. The van der Waals surface area contributed by atoms with Crippen LogP contribution in [0.15, 0.2) is 40.3 Å². The van der Waals surface area contributed by atoms with Gasteiger partial charge in [-0.2, -0.15) is 4.98 Å². The number of hydrogen-bond acceptors (Lipinski definition) is 6. The molecule has 5 rings (SSSR count). The topological polar surface area (TPSA) is 87.3 Å². The molecule has 1 unspecified atom stereocenters. The first-order valence-electron chi connectivity index (χ1n) is 10.2. The zero-order chi connectivity index (χ0) is 20.0. The number of ketones is 1. The van der Waals surface area contributed by atoms with E-state index in [1.54, 1.807) is 0 Å². The molecule has 1 saturated heterocycles. The fourth-order valence-corrected chi connectivity index (χ4v) is 4.60. The SMILES string of the molecule is Cc1ccccc1C1C2=C(CCCC2=O)Nc2nc(N3CCOCC3)[nH]c(=O)c21. The number of aromatic nitrogens is 2. The molecular weight excluding hydrogens is 368 g/mol. The second-order valence-electron chi connectivity index (χ2n) is 7.83. The van der Waals surface area contributed by atoms with Gasteiger partial charge < -0.3 is 15.0 Å². The highest BCUT2D eigenvalue weighted by atomic mass is 16.5. The summed E-state index contributed by atoms with van der Waals surface area (Å²) in [6.45, 7) is 4.63. The zero-order valence-corrected chi connectivity index (χ0v) is 16.5. The van der Waals surface area contributed by atoms with Gasteiger partial charge in [-0.1, -0.05) is 24.3 Å². The van der Waals surface area contributed by atoms with Crippen LogP contribution < -0.4 is 15.8 Å². The minimum Gasteiger partial charge on any atom is -0.378 e. The molecule has 1 aromatic heterocycles. The maximum atomic E-state index is 13.3. The van der Waals surface area contributed by atoms with Crippen LogP contribution in [-0.4, -0.2) is 42.1 Å². The van der Waals surface area contributed by atoms with Crippen LogP contribution in [0, 0.1) is 6.92 Å². The molecule has 3 heterocycles. The van der Waals surface area contributed by atoms with Gasteiger partial charge in [0.15, 0.2) is 5.78 Å². The van der Waals surface area contributed by atoms with E-state index >= 15 is 0 Å². The number of anilines is 2. The van der Waals surface area contributed by atoms with E-state index in [9.17, 15) is 9.59 Å². The number of carbonyl (C=O) groups is 1. The van der Waals surface area contributed by atoms with Crippen LogP contribution in [0.1, 0.15) is 41.9 Å². The summed E-state index contributed by atoms with van der Waals surface area (Å²) in [6, 6.07) is 7.97. The number of carbonyl (C=O) groups excluding carboxylic acids is 1. The Kier molecular flexibility index (Phi) is 4.47. The van der Waals surface area contributed by atoms with Gasteiger partial charge in [-0.15, -0.1) is 0 Å². The molecule has 7 nitrogen and oxygen atoms in total. The monoisotopic (exact) mass is 392 g/mol. The molecule has 2 N–H and O–H groups in total. The summed E-state index contributed by atoms with van der Waals surface area (Å²) in [5.41, 5.74) is 4.03. The third-order valence-electron chi connectivity index (χ3n) is 6.06. The molecule has 150 valence electrons. The summed E-state index contributed by atoms with van der Waals surface area (Å²) < 4.78 is 5.41. The van der Waals surface area contributed by atoms with Crippen molar-refractivity contribution in [3.8, 4) is 0 Å². The maximum Gasteiger partial charge on any atom is 0.258 e. The highest BCUT2D eigenvalue weighted by Gasteiger charge is 2.38. The van der Waals surface area contributed by atoms with Gasteiger partial charge in [0, 0.05) is 36.7 Å². The molecule has 2 aliphatic heterocycles. The number of benzene rings is 1. The van der Waals surface area contributed by atoms with Gasteiger partial charge in [0.2, 0.25) is 5.95 Å². The van der Waals surface area contributed by atoms with Crippen LogP contribution in [0.25, 0.3) is 0 Å². The average molecular weight is 392 g/mol. The minimum absolute atomic E-state index is 0.120. The number of aryl methyl sites for hydroxylation is 1. The number of morpholine rings is 1. The van der Waals surface area contributed by atoms with E-state index in [2.05, 4.69) is 10.3 Å². The Morgan fingerprint density at radius 1 is 1.14 bits per heavy atom. The fourth-order valence-electron chi connectivity index (χ4n) is 4.60. The van der Waals surface area contributed by atoms with Crippen molar-refractivity contribution in [2.24, 2.45) is 0 Å². The molecule has 3 aliphatic rings. The Morgan fingerprint density at radius 3 is 2.72 bits per heavy atom. The van der Waals surface area contributed by atoms with Crippen molar-refractivity contribution < 1.29 is 9.53 Å². The summed E-state index contributed by atoms with van der Waals surface area (Å²) >= 11 is 0. The summed E-state index contributed by atoms with van der Waals surface area (Å²) in [6.07, 6.45) is 2.14. The highest BCUT2D eigenvalue weighted by molar-refractivity contribution is 6.01. The van der Waals surface area contributed by atoms with Crippen molar-refractivity contribution in [2.45, 2.75) is 32.1 Å². The summed E-state index contributed by atoms with van der Waals surface area (Å²) in [5.74, 6) is 0.857. The van der Waals surface area contributed by atoms with Gasteiger partial charge >= 0.3 is 0 Å². The van der Waals surface area contributed by atoms with Crippen LogP contribution in [0.4, 0.5) is 11.8 Å². The Labute approximate surface area is 168 Å². The number of fused-ring (bicyclic) bond motifs is 1. The molecule has 7 heteroatoms. The van der Waals surface area contributed by atoms with Crippen LogP contribution in [0.2, 0.25) is 0 Å². The molecule has 1 atom stereocenters. The molecule has 0 amide bonds. The van der Waals surface area contributed by atoms with E-state index in [4.69, 9.17) is 9.72 Å². The van der Waals surface area contributed by atoms with Gasteiger partial charge in [0.25, 0.3) is 5.56 Å². The minimum atomic E-state index is -0.384. The lowest BCUT2D eigenvalue weighted by Gasteiger charge is -2.34. The van der Waals surface area contributed by atoms with Crippen LogP contribution in [0.5, 0.6) is 0 Å². The van der Waals surface area contributed by atoms with Crippen molar-refractivity contribution in [1.82, 2.24) is 9.97 Å². The van der Waals surface area contributed by atoms with E-state index < -0.39 is 0 Å². The first-order valence-corrected chi connectivity index (χ1v) is 10.2. The molecule has 29 heavy (non-hydrogen) atoms. The quantitative estimate of drug-likeness (QED) is 0.817. The van der Waals surface area contributed by atoms with Crippen molar-refractivity contribution >= 4 is 17.5 Å². The predicted octanol–water partition coefficient (Wildman–Crippen LogP) is 2.48. The Hall–Kier alpha value is -2.93. The smallest absolute Gasteiger partial charge is 0.258 e. The lowest BCUT2D eigenvalue weighted by molar-refractivity contribution is -0.116. The number of nitrogens with one attached hydrogen (secondary N) is 2. The molecular formula is C22H24N4O3. The van der Waals surface area contributed by atoms with E-state index in [1.165, 1.54) is 0 Å². The second-order valence-corrected chi connectivity index (χ2v) is 7.83. The van der Waals surface area contributed by atoms with Crippen molar-refractivity contribution in [3.05, 3.63) is 62.6 Å². The van der Waals surface area contributed by atoms with Gasteiger partial charge in [-0.05, 0) is 30.9 Å². The summed E-state index contributed by atoms with van der Waals surface area (Å²) in [7, 11) is 0. The Morgan fingerprint density at radius 2 is 1.93 bits per heavy atom. The molecule has 1 fully saturated rings. The number of rotatable bonds is 2. The second kappa shape index (κ2) is 7.15.